The summed E-state index contributed by atoms with van der Waals surface area (Å²) < 4.78 is 0. The lowest BCUT2D eigenvalue weighted by Gasteiger charge is -2.36. The van der Waals surface area contributed by atoms with Crippen molar-refractivity contribution in [2.24, 2.45) is 0 Å². The minimum absolute atomic E-state index is 0.0945. The van der Waals surface area contributed by atoms with Crippen molar-refractivity contribution in [3.05, 3.63) is 40.4 Å². The van der Waals surface area contributed by atoms with Crippen LogP contribution in [0.2, 0.25) is 5.02 Å². The second-order valence-corrected chi connectivity index (χ2v) is 7.84. The molecule has 0 bridgehead atoms. The van der Waals surface area contributed by atoms with E-state index in [-0.39, 0.29) is 11.8 Å². The number of hydrogen-bond donors (Lipinski definition) is 1. The Balaban J connectivity index is 1.37. The molecule has 1 N–H and O–H groups in total. The summed E-state index contributed by atoms with van der Waals surface area (Å²) in [6.07, 6.45) is 1.26. The van der Waals surface area contributed by atoms with Gasteiger partial charge in [0.05, 0.1) is 5.69 Å². The number of aromatic nitrogens is 1. The minimum atomic E-state index is -0.0945. The molecule has 0 radical (unpaired) electrons. The number of carbonyl (C=O) groups excluding carboxylic acids is 2. The van der Waals surface area contributed by atoms with Gasteiger partial charge in [-0.15, -0.1) is 11.3 Å². The van der Waals surface area contributed by atoms with Crippen LogP contribution in [0.3, 0.4) is 0 Å². The molecule has 1 aromatic heterocycles. The highest BCUT2D eigenvalue weighted by atomic mass is 35.5. The topological polar surface area (TPSA) is 65.5 Å². The third kappa shape index (κ3) is 5.68. The lowest BCUT2D eigenvalue weighted by atomic mass is 10.2. The summed E-state index contributed by atoms with van der Waals surface area (Å²) >= 11 is 7.46. The molecule has 1 fully saturated rings. The molecule has 27 heavy (non-hydrogen) atoms. The molecular weight excluding hydrogens is 384 g/mol. The van der Waals surface area contributed by atoms with Crippen molar-refractivity contribution in [3.8, 4) is 0 Å². The van der Waals surface area contributed by atoms with Crippen LogP contribution >= 0.6 is 22.9 Å². The third-order valence-electron chi connectivity index (χ3n) is 4.47. The van der Waals surface area contributed by atoms with E-state index in [4.69, 9.17) is 11.6 Å². The van der Waals surface area contributed by atoms with Gasteiger partial charge in [0.25, 0.3) is 0 Å². The van der Waals surface area contributed by atoms with Crippen LogP contribution in [0, 0.1) is 6.92 Å². The van der Waals surface area contributed by atoms with Gasteiger partial charge in [-0.1, -0.05) is 17.7 Å². The Morgan fingerprint density at radius 1 is 1.22 bits per heavy atom. The third-order valence-corrected chi connectivity index (χ3v) is 5.58. The van der Waals surface area contributed by atoms with Crippen molar-refractivity contribution in [1.29, 1.82) is 0 Å². The zero-order valence-corrected chi connectivity index (χ0v) is 16.9. The summed E-state index contributed by atoms with van der Waals surface area (Å²) in [6, 6.07) is 7.78. The van der Waals surface area contributed by atoms with Gasteiger partial charge < -0.3 is 15.1 Å². The zero-order valence-electron chi connectivity index (χ0n) is 15.3. The van der Waals surface area contributed by atoms with Gasteiger partial charge in [-0.2, -0.15) is 0 Å². The minimum Gasteiger partial charge on any atom is -0.368 e. The number of anilines is 2. The van der Waals surface area contributed by atoms with Crippen molar-refractivity contribution >= 4 is 45.6 Å². The average Bonchev–Trinajstić information content (AvgIpc) is 3.06. The van der Waals surface area contributed by atoms with Crippen LogP contribution in [0.5, 0.6) is 0 Å². The second-order valence-electron chi connectivity index (χ2n) is 6.54. The quantitative estimate of drug-likeness (QED) is 0.796. The second kappa shape index (κ2) is 9.19. The SMILES string of the molecule is Cc1csc(NC(=O)CCCC(=O)N2CCN(c3cccc(Cl)c3)CC2)n1. The highest BCUT2D eigenvalue weighted by Crippen LogP contribution is 2.21. The summed E-state index contributed by atoms with van der Waals surface area (Å²) in [5.41, 5.74) is 1.98. The first-order valence-electron chi connectivity index (χ1n) is 9.01. The fourth-order valence-electron chi connectivity index (χ4n) is 3.04. The number of benzene rings is 1. The number of carbonyl (C=O) groups is 2. The van der Waals surface area contributed by atoms with E-state index < -0.39 is 0 Å². The van der Waals surface area contributed by atoms with Gasteiger partial charge in [0.2, 0.25) is 11.8 Å². The van der Waals surface area contributed by atoms with Gasteiger partial charge in [0, 0.05) is 55.1 Å². The number of piperazine rings is 1. The number of thiazole rings is 1. The van der Waals surface area contributed by atoms with Crippen molar-refractivity contribution in [2.45, 2.75) is 26.2 Å². The highest BCUT2D eigenvalue weighted by molar-refractivity contribution is 7.13. The number of rotatable bonds is 6. The fourth-order valence-corrected chi connectivity index (χ4v) is 3.93. The van der Waals surface area contributed by atoms with Gasteiger partial charge >= 0.3 is 0 Å². The van der Waals surface area contributed by atoms with Crippen molar-refractivity contribution < 1.29 is 9.59 Å². The standard InChI is InChI=1S/C19H23ClN4O2S/c1-14-13-27-19(21-14)22-17(25)6-3-7-18(26)24-10-8-23(9-11-24)16-5-2-4-15(20)12-16/h2,4-5,12-13H,3,6-11H2,1H3,(H,21,22,25). The van der Waals surface area contributed by atoms with Crippen molar-refractivity contribution in [3.63, 3.8) is 0 Å². The Hall–Kier alpha value is -2.12. The lowest BCUT2D eigenvalue weighted by Crippen LogP contribution is -2.48. The molecule has 8 heteroatoms. The summed E-state index contributed by atoms with van der Waals surface area (Å²) in [5.74, 6) is 0.0153. The van der Waals surface area contributed by atoms with Gasteiger partial charge in [0.1, 0.15) is 0 Å². The van der Waals surface area contributed by atoms with Gasteiger partial charge in [-0.3, -0.25) is 9.59 Å². The van der Waals surface area contributed by atoms with Crippen molar-refractivity contribution in [2.75, 3.05) is 36.4 Å². The van der Waals surface area contributed by atoms with Crippen LogP contribution in [0.15, 0.2) is 29.6 Å². The van der Waals surface area contributed by atoms with Crippen molar-refractivity contribution in [1.82, 2.24) is 9.88 Å². The molecule has 1 aromatic carbocycles. The molecule has 2 heterocycles. The van der Waals surface area contributed by atoms with Gasteiger partial charge in [-0.05, 0) is 31.5 Å². The molecule has 1 aliphatic heterocycles. The van der Waals surface area contributed by atoms with E-state index in [2.05, 4.69) is 15.2 Å². The van der Waals surface area contributed by atoms with Gasteiger partial charge in [-0.25, -0.2) is 4.98 Å². The molecule has 0 spiro atoms. The number of aryl methyl sites for hydroxylation is 1. The van der Waals surface area contributed by atoms with E-state index in [1.165, 1.54) is 11.3 Å². The average molecular weight is 407 g/mol. The maximum atomic E-state index is 12.4. The predicted octanol–water partition coefficient (Wildman–Crippen LogP) is 3.56. The molecule has 1 aliphatic rings. The number of nitrogens with one attached hydrogen (secondary N) is 1. The largest absolute Gasteiger partial charge is 0.368 e. The molecule has 1 saturated heterocycles. The molecule has 3 rings (SSSR count). The first-order valence-corrected chi connectivity index (χ1v) is 10.3. The summed E-state index contributed by atoms with van der Waals surface area (Å²) in [5, 5.41) is 5.99. The Morgan fingerprint density at radius 3 is 2.67 bits per heavy atom. The van der Waals surface area contributed by atoms with E-state index in [0.29, 0.717) is 37.5 Å². The monoisotopic (exact) mass is 406 g/mol. The zero-order chi connectivity index (χ0) is 19.2. The molecule has 6 nitrogen and oxygen atoms in total. The highest BCUT2D eigenvalue weighted by Gasteiger charge is 2.21. The first-order chi connectivity index (χ1) is 13.0. The molecular formula is C19H23ClN4O2S. The summed E-state index contributed by atoms with van der Waals surface area (Å²) in [6.45, 7) is 4.84. The molecule has 2 amide bonds. The Bertz CT molecular complexity index is 803. The van der Waals surface area contributed by atoms with E-state index in [9.17, 15) is 9.59 Å². The molecule has 0 unspecified atom stereocenters. The molecule has 0 aliphatic carbocycles. The predicted molar refractivity (Wildman–Crippen MR) is 110 cm³/mol. The number of amides is 2. The number of nitrogens with zero attached hydrogens (tertiary/aromatic N) is 3. The van der Waals surface area contributed by atoms with Crippen LogP contribution in [-0.2, 0) is 9.59 Å². The maximum Gasteiger partial charge on any atom is 0.226 e. The summed E-state index contributed by atoms with van der Waals surface area (Å²) in [4.78, 5) is 32.6. The van der Waals surface area contributed by atoms with E-state index in [1.807, 2.05) is 41.5 Å². The van der Waals surface area contributed by atoms with Gasteiger partial charge in [0.15, 0.2) is 5.13 Å². The lowest BCUT2D eigenvalue weighted by molar-refractivity contribution is -0.131. The van der Waals surface area contributed by atoms with Crippen LogP contribution in [0.25, 0.3) is 0 Å². The normalized spacial score (nSPS) is 14.3. The van der Waals surface area contributed by atoms with Crippen LogP contribution in [-0.4, -0.2) is 47.9 Å². The molecule has 144 valence electrons. The molecule has 0 saturated carbocycles. The van der Waals surface area contributed by atoms with E-state index >= 15 is 0 Å². The summed E-state index contributed by atoms with van der Waals surface area (Å²) in [7, 11) is 0. The van der Waals surface area contributed by atoms with Crippen LogP contribution < -0.4 is 10.2 Å². The number of hydrogen-bond acceptors (Lipinski definition) is 5. The Morgan fingerprint density at radius 2 is 2.00 bits per heavy atom. The van der Waals surface area contributed by atoms with Crippen LogP contribution in [0.1, 0.15) is 25.0 Å². The van der Waals surface area contributed by atoms with E-state index in [0.717, 1.165) is 29.5 Å². The first kappa shape index (κ1) is 19.6. The Labute approximate surface area is 168 Å². The molecule has 2 aromatic rings. The smallest absolute Gasteiger partial charge is 0.226 e. The van der Waals surface area contributed by atoms with E-state index in [1.54, 1.807) is 0 Å². The number of halogens is 1. The Kier molecular flexibility index (Phi) is 6.68. The maximum absolute atomic E-state index is 12.4. The van der Waals surface area contributed by atoms with Crippen LogP contribution in [0.4, 0.5) is 10.8 Å². The molecule has 0 atom stereocenters. The fraction of sp³-hybridized carbons (Fsp3) is 0.421.